The first-order valence-corrected chi connectivity index (χ1v) is 8.32. The summed E-state index contributed by atoms with van der Waals surface area (Å²) in [6, 6.07) is 10.2. The third-order valence-corrected chi connectivity index (χ3v) is 4.59. The number of likely N-dealkylation sites (tertiary alicyclic amines) is 1. The van der Waals surface area contributed by atoms with Gasteiger partial charge in [-0.15, -0.1) is 0 Å². The molecule has 0 aliphatic carbocycles. The van der Waals surface area contributed by atoms with E-state index in [1.807, 2.05) is 18.2 Å². The first-order chi connectivity index (χ1) is 11.2. The maximum Gasteiger partial charge on any atom is 0.310 e. The second kappa shape index (κ2) is 8.85. The second-order valence-corrected chi connectivity index (χ2v) is 6.33. The minimum atomic E-state index is -0.662. The highest BCUT2D eigenvalue weighted by molar-refractivity contribution is 5.75. The summed E-state index contributed by atoms with van der Waals surface area (Å²) in [5.41, 5.74) is 0.561. The van der Waals surface area contributed by atoms with Crippen molar-refractivity contribution in [1.29, 1.82) is 0 Å². The molecule has 1 aliphatic heterocycles. The predicted octanol–water partition coefficient (Wildman–Crippen LogP) is 3.29. The number of carboxylic acid groups (broad SMARTS) is 1. The van der Waals surface area contributed by atoms with Crippen molar-refractivity contribution < 1.29 is 14.6 Å². The number of carbonyl (C=O) groups is 1. The standard InChI is InChI=1S/C19H27NO3/c1-23-15-7-12-19(18(21)22)11-6-14-20(16-19)13-5-10-17-8-3-2-4-9-17/h2-5,8-10H,6-7,11-16H2,1H3,(H,21,22)/b10-5+. The quantitative estimate of drug-likeness (QED) is 0.748. The van der Waals surface area contributed by atoms with E-state index in [1.54, 1.807) is 7.11 Å². The van der Waals surface area contributed by atoms with E-state index >= 15 is 0 Å². The Morgan fingerprint density at radius 1 is 1.39 bits per heavy atom. The Kier molecular flexibility index (Phi) is 6.81. The molecule has 23 heavy (non-hydrogen) atoms. The topological polar surface area (TPSA) is 49.8 Å². The Bertz CT molecular complexity index is 515. The molecule has 1 aliphatic rings. The van der Waals surface area contributed by atoms with Crippen molar-refractivity contribution in [3.05, 3.63) is 42.0 Å². The second-order valence-electron chi connectivity index (χ2n) is 6.33. The lowest BCUT2D eigenvalue weighted by Gasteiger charge is -2.39. The number of piperidine rings is 1. The Morgan fingerprint density at radius 3 is 2.87 bits per heavy atom. The van der Waals surface area contributed by atoms with Crippen LogP contribution in [0.5, 0.6) is 0 Å². The summed E-state index contributed by atoms with van der Waals surface area (Å²) in [4.78, 5) is 14.1. The maximum atomic E-state index is 11.8. The Balaban J connectivity index is 1.92. The van der Waals surface area contributed by atoms with Crippen molar-refractivity contribution in [2.75, 3.05) is 33.4 Å². The van der Waals surface area contributed by atoms with Crippen LogP contribution in [0, 0.1) is 5.41 Å². The Morgan fingerprint density at radius 2 is 2.17 bits per heavy atom. The molecule has 0 radical (unpaired) electrons. The van der Waals surface area contributed by atoms with Gasteiger partial charge in [-0.1, -0.05) is 42.5 Å². The molecule has 1 saturated heterocycles. The van der Waals surface area contributed by atoms with Crippen molar-refractivity contribution in [3.8, 4) is 0 Å². The third kappa shape index (κ3) is 5.19. The first-order valence-electron chi connectivity index (χ1n) is 8.32. The van der Waals surface area contributed by atoms with Crippen LogP contribution in [0.3, 0.4) is 0 Å². The molecule has 4 heteroatoms. The van der Waals surface area contributed by atoms with Crippen molar-refractivity contribution in [2.24, 2.45) is 5.41 Å². The molecule has 1 unspecified atom stereocenters. The largest absolute Gasteiger partial charge is 0.481 e. The van der Waals surface area contributed by atoms with E-state index in [4.69, 9.17) is 4.74 Å². The van der Waals surface area contributed by atoms with Gasteiger partial charge < -0.3 is 9.84 Å². The zero-order valence-corrected chi connectivity index (χ0v) is 13.9. The average Bonchev–Trinajstić information content (AvgIpc) is 2.56. The lowest BCUT2D eigenvalue weighted by Crippen LogP contribution is -2.48. The van der Waals surface area contributed by atoms with Gasteiger partial charge in [0.1, 0.15) is 0 Å². The molecular weight excluding hydrogens is 290 g/mol. The van der Waals surface area contributed by atoms with Crippen LogP contribution in [0.4, 0.5) is 0 Å². The lowest BCUT2D eigenvalue weighted by molar-refractivity contribution is -0.153. The number of benzene rings is 1. The maximum absolute atomic E-state index is 11.8. The summed E-state index contributed by atoms with van der Waals surface area (Å²) in [6.45, 7) is 3.03. The molecule has 1 aromatic rings. The van der Waals surface area contributed by atoms with Crippen LogP contribution >= 0.6 is 0 Å². The van der Waals surface area contributed by atoms with E-state index in [2.05, 4.69) is 29.2 Å². The summed E-state index contributed by atoms with van der Waals surface area (Å²) in [5, 5.41) is 9.72. The summed E-state index contributed by atoms with van der Waals surface area (Å²) in [6.07, 6.45) is 7.43. The highest BCUT2D eigenvalue weighted by atomic mass is 16.5. The summed E-state index contributed by atoms with van der Waals surface area (Å²) in [7, 11) is 1.66. The zero-order chi connectivity index (χ0) is 16.5. The molecule has 0 amide bonds. The van der Waals surface area contributed by atoms with Gasteiger partial charge in [0.25, 0.3) is 0 Å². The number of methoxy groups -OCH3 is 1. The molecule has 0 aromatic heterocycles. The van der Waals surface area contributed by atoms with Gasteiger partial charge in [-0.05, 0) is 37.8 Å². The van der Waals surface area contributed by atoms with Crippen LogP contribution < -0.4 is 0 Å². The molecule has 2 rings (SSSR count). The SMILES string of the molecule is COCCCC1(C(=O)O)CCCN(C/C=C/c2ccccc2)C1. The number of aliphatic carboxylic acids is 1. The molecule has 126 valence electrons. The van der Waals surface area contributed by atoms with E-state index in [9.17, 15) is 9.90 Å². The molecule has 1 atom stereocenters. The minimum Gasteiger partial charge on any atom is -0.481 e. The number of hydrogen-bond acceptors (Lipinski definition) is 3. The van der Waals surface area contributed by atoms with Crippen molar-refractivity contribution in [2.45, 2.75) is 25.7 Å². The fourth-order valence-corrected chi connectivity index (χ4v) is 3.33. The number of ether oxygens (including phenoxy) is 1. The van der Waals surface area contributed by atoms with Crippen LogP contribution in [0.25, 0.3) is 6.08 Å². The van der Waals surface area contributed by atoms with Crippen LogP contribution in [0.2, 0.25) is 0 Å². The van der Waals surface area contributed by atoms with Gasteiger partial charge in [0, 0.05) is 26.8 Å². The Hall–Kier alpha value is -1.65. The molecule has 1 N–H and O–H groups in total. The van der Waals surface area contributed by atoms with Gasteiger partial charge >= 0.3 is 5.97 Å². The molecule has 0 spiro atoms. The average molecular weight is 317 g/mol. The van der Waals surface area contributed by atoms with Gasteiger partial charge in [0.15, 0.2) is 0 Å². The highest BCUT2D eigenvalue weighted by Crippen LogP contribution is 2.35. The summed E-state index contributed by atoms with van der Waals surface area (Å²) >= 11 is 0. The van der Waals surface area contributed by atoms with Crippen LogP contribution in [0.1, 0.15) is 31.2 Å². The lowest BCUT2D eigenvalue weighted by atomic mass is 9.76. The first kappa shape index (κ1) is 17.7. The van der Waals surface area contributed by atoms with Gasteiger partial charge in [-0.3, -0.25) is 9.69 Å². The molecule has 4 nitrogen and oxygen atoms in total. The van der Waals surface area contributed by atoms with E-state index in [-0.39, 0.29) is 0 Å². The van der Waals surface area contributed by atoms with Gasteiger partial charge in [0.2, 0.25) is 0 Å². The predicted molar refractivity (Wildman–Crippen MR) is 92.3 cm³/mol. The van der Waals surface area contributed by atoms with Crippen LogP contribution in [-0.2, 0) is 9.53 Å². The van der Waals surface area contributed by atoms with Gasteiger partial charge in [-0.25, -0.2) is 0 Å². The zero-order valence-electron chi connectivity index (χ0n) is 13.9. The normalized spacial score (nSPS) is 22.5. The van der Waals surface area contributed by atoms with E-state index < -0.39 is 11.4 Å². The van der Waals surface area contributed by atoms with Crippen molar-refractivity contribution >= 4 is 12.0 Å². The fourth-order valence-electron chi connectivity index (χ4n) is 3.33. The van der Waals surface area contributed by atoms with E-state index in [0.29, 0.717) is 19.6 Å². The van der Waals surface area contributed by atoms with Gasteiger partial charge in [-0.2, -0.15) is 0 Å². The van der Waals surface area contributed by atoms with E-state index in [0.717, 1.165) is 32.4 Å². The monoisotopic (exact) mass is 317 g/mol. The Labute approximate surface area is 138 Å². The number of nitrogens with zero attached hydrogens (tertiary/aromatic N) is 1. The smallest absolute Gasteiger partial charge is 0.310 e. The highest BCUT2D eigenvalue weighted by Gasteiger charge is 2.41. The minimum absolute atomic E-state index is 0.614. The molecule has 1 fully saturated rings. The third-order valence-electron chi connectivity index (χ3n) is 4.59. The van der Waals surface area contributed by atoms with Gasteiger partial charge in [0.05, 0.1) is 5.41 Å². The number of hydrogen-bond donors (Lipinski definition) is 1. The molecule has 0 bridgehead atoms. The molecular formula is C19H27NO3. The number of rotatable bonds is 8. The molecule has 1 aromatic carbocycles. The van der Waals surface area contributed by atoms with Crippen molar-refractivity contribution in [1.82, 2.24) is 4.90 Å². The van der Waals surface area contributed by atoms with E-state index in [1.165, 1.54) is 5.56 Å². The fraction of sp³-hybridized carbons (Fsp3) is 0.526. The molecule has 0 saturated carbocycles. The van der Waals surface area contributed by atoms with Crippen LogP contribution in [0.15, 0.2) is 36.4 Å². The van der Waals surface area contributed by atoms with Crippen molar-refractivity contribution in [3.63, 3.8) is 0 Å². The number of carboxylic acids is 1. The van der Waals surface area contributed by atoms with Crippen LogP contribution in [-0.4, -0.2) is 49.3 Å². The molecule has 1 heterocycles. The summed E-state index contributed by atoms with van der Waals surface area (Å²) < 4.78 is 5.08. The summed E-state index contributed by atoms with van der Waals surface area (Å²) in [5.74, 6) is -0.662.